The molecular weight excluding hydrogens is 264 g/mol. The van der Waals surface area contributed by atoms with E-state index in [2.05, 4.69) is 0 Å². The summed E-state index contributed by atoms with van der Waals surface area (Å²) in [7, 11) is 0. The third kappa shape index (κ3) is 5.07. The molecule has 0 aliphatic heterocycles. The van der Waals surface area contributed by atoms with Crippen molar-refractivity contribution in [2.75, 3.05) is 0 Å². The minimum Gasteiger partial charge on any atom is -0.195 e. The normalized spacial score (nSPS) is 13.1. The molecule has 0 aliphatic rings. The molecule has 86 valence electrons. The Morgan fingerprint density at radius 1 is 1.25 bits per heavy atom. The van der Waals surface area contributed by atoms with Crippen molar-refractivity contribution in [1.82, 2.24) is 0 Å². The van der Waals surface area contributed by atoms with Gasteiger partial charge in [0.05, 0.1) is 0 Å². The van der Waals surface area contributed by atoms with E-state index in [1.54, 1.807) is 0 Å². The fourth-order valence-electron chi connectivity index (χ4n) is 1.39. The molecule has 1 aromatic rings. The highest BCUT2D eigenvalue weighted by molar-refractivity contribution is 6.50. The molecule has 1 nitrogen and oxygen atoms in total. The summed E-state index contributed by atoms with van der Waals surface area (Å²) in [5.74, 6) is 0. The number of halogens is 3. The third-order valence-corrected chi connectivity index (χ3v) is 3.08. The van der Waals surface area contributed by atoms with Gasteiger partial charge in [-0.15, -0.1) is 11.6 Å². The first kappa shape index (κ1) is 13.6. The zero-order valence-electron chi connectivity index (χ0n) is 8.67. The molecule has 0 spiro atoms. The molecule has 0 aromatic heterocycles. The molecule has 0 bridgehead atoms. The van der Waals surface area contributed by atoms with Crippen LogP contribution in [0.4, 0.5) is 0 Å². The predicted octanol–water partition coefficient (Wildman–Crippen LogP) is 4.31. The lowest BCUT2D eigenvalue weighted by Gasteiger charge is -2.14. The van der Waals surface area contributed by atoms with Crippen LogP contribution in [0.25, 0.3) is 0 Å². The van der Waals surface area contributed by atoms with Gasteiger partial charge in [0.25, 0.3) is 0 Å². The number of hydrogen-bond donors (Lipinski definition) is 0. The van der Waals surface area contributed by atoms with Gasteiger partial charge in [-0.3, -0.25) is 0 Å². The Morgan fingerprint density at radius 2 is 1.88 bits per heavy atom. The number of nitriles is 1. The van der Waals surface area contributed by atoms with E-state index >= 15 is 0 Å². The van der Waals surface area contributed by atoms with Crippen molar-refractivity contribution in [2.24, 2.45) is 0 Å². The topological polar surface area (TPSA) is 23.8 Å². The van der Waals surface area contributed by atoms with Crippen molar-refractivity contribution in [3.8, 4) is 6.07 Å². The molecule has 4 heteroatoms. The monoisotopic (exact) mass is 275 g/mol. The molecule has 0 amide bonds. The fraction of sp³-hybridized carbons (Fsp3) is 0.417. The molecular formula is C12H12Cl3N. The lowest BCUT2D eigenvalue weighted by Crippen LogP contribution is -2.16. The lowest BCUT2D eigenvalue weighted by atomic mass is 10.1. The molecule has 1 unspecified atom stereocenters. The molecule has 0 N–H and O–H groups in total. The van der Waals surface area contributed by atoms with E-state index in [4.69, 9.17) is 40.1 Å². The van der Waals surface area contributed by atoms with Crippen LogP contribution >= 0.6 is 34.8 Å². The Balaban J connectivity index is 2.37. The first-order valence-corrected chi connectivity index (χ1v) is 6.20. The number of hydrogen-bond acceptors (Lipinski definition) is 1. The second-order valence-electron chi connectivity index (χ2n) is 3.64. The van der Waals surface area contributed by atoms with Gasteiger partial charge in [0.15, 0.2) is 0 Å². The van der Waals surface area contributed by atoms with Crippen molar-refractivity contribution in [2.45, 2.75) is 29.0 Å². The van der Waals surface area contributed by atoms with Crippen LogP contribution in [-0.4, -0.2) is 9.71 Å². The van der Waals surface area contributed by atoms with Crippen molar-refractivity contribution in [3.05, 3.63) is 35.9 Å². The van der Waals surface area contributed by atoms with E-state index in [0.717, 1.165) is 12.8 Å². The summed E-state index contributed by atoms with van der Waals surface area (Å²) in [6.45, 7) is 0. The average molecular weight is 277 g/mol. The van der Waals surface area contributed by atoms with E-state index < -0.39 is 4.33 Å². The molecule has 1 rings (SSSR count). The number of benzene rings is 1. The van der Waals surface area contributed by atoms with Crippen molar-refractivity contribution in [1.29, 1.82) is 5.26 Å². The van der Waals surface area contributed by atoms with Gasteiger partial charge in [-0.25, -0.2) is 0 Å². The van der Waals surface area contributed by atoms with Gasteiger partial charge in [-0.05, 0) is 18.4 Å². The van der Waals surface area contributed by atoms with E-state index in [1.165, 1.54) is 5.56 Å². The number of alkyl halides is 3. The Kier molecular flexibility index (Phi) is 5.41. The van der Waals surface area contributed by atoms with Gasteiger partial charge >= 0.3 is 0 Å². The molecule has 0 saturated heterocycles. The largest absolute Gasteiger partial charge is 0.204 e. The molecule has 1 atom stereocenters. The zero-order chi connectivity index (χ0) is 12.0. The number of nitrogens with zero attached hydrogens (tertiary/aromatic N) is 1. The maximum Gasteiger partial charge on any atom is 0.204 e. The van der Waals surface area contributed by atoms with Crippen LogP contribution in [0.3, 0.4) is 0 Å². The smallest absolute Gasteiger partial charge is 0.195 e. The Bertz CT molecular complexity index is 356. The van der Waals surface area contributed by atoms with E-state index in [9.17, 15) is 0 Å². The van der Waals surface area contributed by atoms with Gasteiger partial charge < -0.3 is 0 Å². The second-order valence-corrected chi connectivity index (χ2v) is 5.74. The second kappa shape index (κ2) is 6.35. The molecule has 0 heterocycles. The summed E-state index contributed by atoms with van der Waals surface area (Å²) in [4.78, 5) is 0. The first-order chi connectivity index (χ1) is 7.53. The van der Waals surface area contributed by atoms with E-state index in [0.29, 0.717) is 0 Å². The van der Waals surface area contributed by atoms with Crippen LogP contribution in [0.1, 0.15) is 18.4 Å². The summed E-state index contributed by atoms with van der Waals surface area (Å²) < 4.78 is -1.37. The third-order valence-electron chi connectivity index (χ3n) is 2.23. The maximum atomic E-state index is 8.66. The lowest BCUT2D eigenvalue weighted by molar-refractivity contribution is 0.681. The molecule has 0 fully saturated rings. The van der Waals surface area contributed by atoms with Gasteiger partial charge in [-0.2, -0.15) is 5.26 Å². The summed E-state index contributed by atoms with van der Waals surface area (Å²) >= 11 is 17.5. The van der Waals surface area contributed by atoms with Crippen molar-refractivity contribution in [3.63, 3.8) is 0 Å². The summed E-state index contributed by atoms with van der Waals surface area (Å²) in [6.07, 6.45) is 1.90. The highest BCUT2D eigenvalue weighted by Crippen LogP contribution is 2.29. The Morgan fingerprint density at radius 3 is 2.44 bits per heavy atom. The molecule has 0 aliphatic carbocycles. The van der Waals surface area contributed by atoms with Crippen LogP contribution in [0.2, 0.25) is 0 Å². The fourth-order valence-corrected chi connectivity index (χ4v) is 2.26. The highest BCUT2D eigenvalue weighted by atomic mass is 35.5. The Hall–Kier alpha value is -0.420. The SMILES string of the molecule is N#CC(Cl)(Cl)CC(Cl)CCc1ccccc1. The van der Waals surface area contributed by atoms with Gasteiger partial charge in [-0.1, -0.05) is 53.5 Å². The zero-order valence-corrected chi connectivity index (χ0v) is 10.9. The van der Waals surface area contributed by atoms with Crippen LogP contribution in [0, 0.1) is 11.3 Å². The van der Waals surface area contributed by atoms with Crippen LogP contribution in [-0.2, 0) is 6.42 Å². The van der Waals surface area contributed by atoms with Crippen LogP contribution in [0.15, 0.2) is 30.3 Å². The summed E-state index contributed by atoms with van der Waals surface area (Å²) in [5, 5.41) is 8.47. The average Bonchev–Trinajstić information content (AvgIpc) is 2.27. The van der Waals surface area contributed by atoms with Crippen LogP contribution in [0.5, 0.6) is 0 Å². The van der Waals surface area contributed by atoms with Gasteiger partial charge in [0, 0.05) is 11.8 Å². The highest BCUT2D eigenvalue weighted by Gasteiger charge is 2.26. The van der Waals surface area contributed by atoms with Crippen molar-refractivity contribution < 1.29 is 0 Å². The maximum absolute atomic E-state index is 8.66. The van der Waals surface area contributed by atoms with Crippen LogP contribution < -0.4 is 0 Å². The molecule has 0 saturated carbocycles. The first-order valence-electron chi connectivity index (χ1n) is 5.00. The molecule has 1 aromatic carbocycles. The Labute approximate surface area is 111 Å². The predicted molar refractivity (Wildman–Crippen MR) is 69.1 cm³/mol. The molecule has 16 heavy (non-hydrogen) atoms. The minimum absolute atomic E-state index is 0.185. The van der Waals surface area contributed by atoms with Crippen molar-refractivity contribution >= 4 is 34.8 Å². The van der Waals surface area contributed by atoms with Gasteiger partial charge in [0.2, 0.25) is 4.33 Å². The van der Waals surface area contributed by atoms with Gasteiger partial charge in [0.1, 0.15) is 6.07 Å². The van der Waals surface area contributed by atoms with E-state index in [1.807, 2.05) is 36.4 Å². The standard InChI is InChI=1S/C12H12Cl3N/c13-11(8-12(14,15)9-16)7-6-10-4-2-1-3-5-10/h1-5,11H,6-8H2. The quantitative estimate of drug-likeness (QED) is 0.735. The summed E-state index contributed by atoms with van der Waals surface area (Å²) in [6, 6.07) is 11.9. The molecule has 0 radical (unpaired) electrons. The summed E-state index contributed by atoms with van der Waals surface area (Å²) in [5.41, 5.74) is 1.22. The number of rotatable bonds is 5. The van der Waals surface area contributed by atoms with E-state index in [-0.39, 0.29) is 11.8 Å². The minimum atomic E-state index is -1.37. The number of aryl methyl sites for hydroxylation is 1.